The van der Waals surface area contributed by atoms with Crippen LogP contribution in [0.2, 0.25) is 0 Å². The van der Waals surface area contributed by atoms with Gasteiger partial charge in [-0.15, -0.1) is 0 Å². The highest BCUT2D eigenvalue weighted by atomic mass is 32.2. The second kappa shape index (κ2) is 8.01. The number of hydrogen-bond acceptors (Lipinski definition) is 4. The van der Waals surface area contributed by atoms with Crippen molar-refractivity contribution < 1.29 is 27.4 Å². The molecule has 0 aliphatic heterocycles. The summed E-state index contributed by atoms with van der Waals surface area (Å²) in [5, 5.41) is 9.37. The number of anilines is 1. The first-order valence-corrected chi connectivity index (χ1v) is 9.08. The van der Waals surface area contributed by atoms with Crippen LogP contribution in [0, 0.1) is 5.82 Å². The van der Waals surface area contributed by atoms with E-state index in [4.69, 9.17) is 4.74 Å². The summed E-state index contributed by atoms with van der Waals surface area (Å²) < 4.78 is 45.3. The Hall–Kier alpha value is -2.87. The van der Waals surface area contributed by atoms with Crippen molar-refractivity contribution in [2.75, 3.05) is 10.9 Å². The minimum atomic E-state index is -4.24. The number of carboxylic acids is 1. The Morgan fingerprint density at radius 1 is 1.31 bits per heavy atom. The van der Waals surface area contributed by atoms with Crippen molar-refractivity contribution in [1.82, 2.24) is 0 Å². The first-order chi connectivity index (χ1) is 12.3. The van der Waals surface area contributed by atoms with Gasteiger partial charge in [0.2, 0.25) is 0 Å². The van der Waals surface area contributed by atoms with Crippen molar-refractivity contribution in [2.24, 2.45) is 0 Å². The third-order valence-corrected chi connectivity index (χ3v) is 5.43. The number of hydrogen-bond donors (Lipinski definition) is 1. The van der Waals surface area contributed by atoms with Crippen LogP contribution in [0.15, 0.2) is 66.1 Å². The molecule has 2 rings (SSSR count). The van der Waals surface area contributed by atoms with Crippen LogP contribution in [0.25, 0.3) is 0 Å². The number of nitrogens with zero attached hydrogens (tertiary/aromatic N) is 1. The van der Waals surface area contributed by atoms with Gasteiger partial charge in [0.15, 0.2) is 0 Å². The number of carboxylic acid groups (broad SMARTS) is 1. The predicted molar refractivity (Wildman–Crippen MR) is 95.3 cm³/mol. The van der Waals surface area contributed by atoms with Crippen molar-refractivity contribution in [3.05, 3.63) is 67.0 Å². The maximum atomic E-state index is 13.1. The van der Waals surface area contributed by atoms with Crippen LogP contribution in [0.3, 0.4) is 0 Å². The van der Waals surface area contributed by atoms with E-state index in [0.29, 0.717) is 5.75 Å². The molecule has 6 nitrogen and oxygen atoms in total. The fraction of sp³-hybridized carbons (Fsp3) is 0.167. The Kier molecular flexibility index (Phi) is 5.99. The molecule has 8 heteroatoms. The molecule has 0 fully saturated rings. The van der Waals surface area contributed by atoms with E-state index in [1.54, 1.807) is 12.1 Å². The zero-order valence-corrected chi connectivity index (χ0v) is 14.8. The maximum absolute atomic E-state index is 13.1. The first kappa shape index (κ1) is 19.5. The van der Waals surface area contributed by atoms with Gasteiger partial charge in [-0.3, -0.25) is 4.31 Å². The van der Waals surface area contributed by atoms with Crippen LogP contribution in [0.4, 0.5) is 10.1 Å². The van der Waals surface area contributed by atoms with Gasteiger partial charge in [0.25, 0.3) is 10.0 Å². The average molecular weight is 379 g/mol. The monoisotopic (exact) mass is 379 g/mol. The van der Waals surface area contributed by atoms with E-state index in [9.17, 15) is 22.7 Å². The maximum Gasteiger partial charge on any atom is 0.327 e. The average Bonchev–Trinajstić information content (AvgIpc) is 2.60. The standard InChI is InChI=1S/C18H18FNO5S/c1-3-11-25-16-6-4-5-15(12-16)20(13(2)18(21)22)26(23,24)17-9-7-14(19)8-10-17/h3-10,12-13H,1,11H2,2H3,(H,21,22). The molecule has 2 aromatic carbocycles. The molecular formula is C18H18FNO5S. The van der Waals surface area contributed by atoms with Gasteiger partial charge in [-0.2, -0.15) is 0 Å². The molecule has 0 amide bonds. The van der Waals surface area contributed by atoms with E-state index in [1.165, 1.54) is 25.1 Å². The Morgan fingerprint density at radius 3 is 2.54 bits per heavy atom. The van der Waals surface area contributed by atoms with E-state index in [1.807, 2.05) is 0 Å². The highest BCUT2D eigenvalue weighted by molar-refractivity contribution is 7.92. The Balaban J connectivity index is 2.55. The Morgan fingerprint density at radius 2 is 1.96 bits per heavy atom. The number of ether oxygens (including phenoxy) is 1. The molecular weight excluding hydrogens is 361 g/mol. The molecule has 0 spiro atoms. The molecule has 138 valence electrons. The molecule has 0 saturated heterocycles. The van der Waals surface area contributed by atoms with E-state index < -0.39 is 27.9 Å². The van der Waals surface area contributed by atoms with Crippen molar-refractivity contribution in [3.8, 4) is 5.75 Å². The van der Waals surface area contributed by atoms with Gasteiger partial charge >= 0.3 is 5.97 Å². The third-order valence-electron chi connectivity index (χ3n) is 3.52. The second-order valence-corrected chi connectivity index (χ2v) is 7.18. The van der Waals surface area contributed by atoms with Crippen molar-refractivity contribution in [1.29, 1.82) is 0 Å². The summed E-state index contributed by atoms with van der Waals surface area (Å²) in [4.78, 5) is 11.3. The molecule has 1 N–H and O–H groups in total. The van der Waals surface area contributed by atoms with E-state index >= 15 is 0 Å². The quantitative estimate of drug-likeness (QED) is 0.713. The van der Waals surface area contributed by atoms with E-state index in [0.717, 1.165) is 28.6 Å². The van der Waals surface area contributed by atoms with Crippen LogP contribution in [0.1, 0.15) is 6.92 Å². The summed E-state index contributed by atoms with van der Waals surface area (Å²) in [6.07, 6.45) is 1.53. The number of benzene rings is 2. The highest BCUT2D eigenvalue weighted by Gasteiger charge is 2.33. The molecule has 0 saturated carbocycles. The fourth-order valence-electron chi connectivity index (χ4n) is 2.26. The number of aliphatic carboxylic acids is 1. The van der Waals surface area contributed by atoms with Crippen LogP contribution >= 0.6 is 0 Å². The molecule has 0 aliphatic carbocycles. The molecule has 26 heavy (non-hydrogen) atoms. The first-order valence-electron chi connectivity index (χ1n) is 7.64. The van der Waals surface area contributed by atoms with Gasteiger partial charge in [-0.05, 0) is 43.3 Å². The minimum Gasteiger partial charge on any atom is -0.489 e. The highest BCUT2D eigenvalue weighted by Crippen LogP contribution is 2.29. The molecule has 0 radical (unpaired) electrons. The smallest absolute Gasteiger partial charge is 0.327 e. The predicted octanol–water partition coefficient (Wildman–Crippen LogP) is 3.06. The Bertz CT molecular complexity index is 896. The van der Waals surface area contributed by atoms with Gasteiger partial charge < -0.3 is 9.84 Å². The normalized spacial score (nSPS) is 12.2. The van der Waals surface area contributed by atoms with E-state index in [-0.39, 0.29) is 17.2 Å². The summed E-state index contributed by atoms with van der Waals surface area (Å²) in [7, 11) is -4.24. The molecule has 1 unspecified atom stereocenters. The number of carbonyl (C=O) groups is 1. The van der Waals surface area contributed by atoms with Gasteiger partial charge in [0.1, 0.15) is 24.2 Å². The summed E-state index contributed by atoms with van der Waals surface area (Å²) >= 11 is 0. The molecule has 0 bridgehead atoms. The zero-order valence-electron chi connectivity index (χ0n) is 14.0. The number of halogens is 1. The topological polar surface area (TPSA) is 83.9 Å². The van der Waals surface area contributed by atoms with Gasteiger partial charge in [0.05, 0.1) is 10.6 Å². The lowest BCUT2D eigenvalue weighted by molar-refractivity contribution is -0.137. The van der Waals surface area contributed by atoms with Crippen molar-refractivity contribution in [3.63, 3.8) is 0 Å². The lowest BCUT2D eigenvalue weighted by atomic mass is 10.2. The second-order valence-electron chi connectivity index (χ2n) is 5.37. The van der Waals surface area contributed by atoms with Gasteiger partial charge in [-0.25, -0.2) is 17.6 Å². The van der Waals surface area contributed by atoms with Gasteiger partial charge in [-0.1, -0.05) is 18.7 Å². The lowest BCUT2D eigenvalue weighted by Gasteiger charge is -2.28. The SMILES string of the molecule is C=CCOc1cccc(N(C(C)C(=O)O)S(=O)(=O)c2ccc(F)cc2)c1. The minimum absolute atomic E-state index is 0.116. The van der Waals surface area contributed by atoms with Crippen LogP contribution < -0.4 is 9.04 Å². The molecule has 2 aromatic rings. The number of rotatable bonds is 8. The molecule has 0 aromatic heterocycles. The summed E-state index contributed by atoms with van der Waals surface area (Å²) in [6, 6.07) is 8.83. The third kappa shape index (κ3) is 4.20. The molecule has 0 heterocycles. The van der Waals surface area contributed by atoms with Crippen molar-refractivity contribution >= 4 is 21.7 Å². The van der Waals surface area contributed by atoms with Crippen LogP contribution in [-0.4, -0.2) is 32.1 Å². The molecule has 1 atom stereocenters. The summed E-state index contributed by atoms with van der Waals surface area (Å²) in [5.41, 5.74) is 0.116. The fourth-order valence-corrected chi connectivity index (χ4v) is 3.86. The number of sulfonamides is 1. The van der Waals surface area contributed by atoms with Crippen LogP contribution in [0.5, 0.6) is 5.75 Å². The summed E-state index contributed by atoms with van der Waals surface area (Å²) in [6.45, 7) is 4.99. The summed E-state index contributed by atoms with van der Waals surface area (Å²) in [5.74, 6) is -1.56. The zero-order chi connectivity index (χ0) is 19.3. The molecule has 0 aliphatic rings. The Labute approximate surface area is 151 Å². The lowest BCUT2D eigenvalue weighted by Crippen LogP contribution is -2.43. The largest absolute Gasteiger partial charge is 0.489 e. The van der Waals surface area contributed by atoms with E-state index in [2.05, 4.69) is 6.58 Å². The van der Waals surface area contributed by atoms with Crippen molar-refractivity contribution in [2.45, 2.75) is 17.9 Å². The van der Waals surface area contributed by atoms with Gasteiger partial charge in [0, 0.05) is 6.07 Å². The van der Waals surface area contributed by atoms with Crippen LogP contribution in [-0.2, 0) is 14.8 Å².